The van der Waals surface area contributed by atoms with Crippen molar-refractivity contribution < 1.29 is 10.0 Å². The molecule has 0 heterocycles. The Hall–Kier alpha value is -2.13. The van der Waals surface area contributed by atoms with Crippen LogP contribution in [0.15, 0.2) is 48.5 Å². The Balaban J connectivity index is 1.36. The van der Waals surface area contributed by atoms with Crippen LogP contribution in [-0.2, 0) is 16.6 Å². The van der Waals surface area contributed by atoms with Crippen LogP contribution in [0.2, 0.25) is 0 Å². The zero-order valence-corrected chi connectivity index (χ0v) is 16.4. The minimum Gasteiger partial charge on any atom is -0.289 e. The smallest absolute Gasteiger partial charge is 0.247 e. The van der Waals surface area contributed by atoms with Crippen molar-refractivity contribution in [2.24, 2.45) is 17.8 Å². The van der Waals surface area contributed by atoms with Crippen LogP contribution in [-0.4, -0.2) is 11.1 Å². The molecule has 0 aromatic heterocycles. The SMILES string of the molecule is O=C(Cc1ccc(-c2ccc(C34CC5CCCC(C3)C(C5)C4)cc2)cc1)NO. The molecule has 28 heavy (non-hydrogen) atoms. The lowest BCUT2D eigenvalue weighted by atomic mass is 9.66. The number of hydrogen-bond acceptors (Lipinski definition) is 2. The molecule has 2 N–H and O–H groups in total. The van der Waals surface area contributed by atoms with Gasteiger partial charge in [0.1, 0.15) is 0 Å². The number of carbonyl (C=O) groups excluding carboxylic acids is 1. The van der Waals surface area contributed by atoms with Gasteiger partial charge in [0.05, 0.1) is 6.42 Å². The molecule has 3 aliphatic carbocycles. The second-order valence-electron chi connectivity index (χ2n) is 9.43. The van der Waals surface area contributed by atoms with Crippen LogP contribution >= 0.6 is 0 Å². The van der Waals surface area contributed by atoms with Crippen molar-refractivity contribution in [3.05, 3.63) is 59.7 Å². The molecule has 4 unspecified atom stereocenters. The van der Waals surface area contributed by atoms with E-state index in [9.17, 15) is 4.79 Å². The highest BCUT2D eigenvalue weighted by Gasteiger charge is 2.51. The van der Waals surface area contributed by atoms with E-state index in [2.05, 4.69) is 36.4 Å². The van der Waals surface area contributed by atoms with Gasteiger partial charge in [0, 0.05) is 0 Å². The minimum atomic E-state index is -0.386. The Morgan fingerprint density at radius 3 is 2.32 bits per heavy atom. The molecule has 3 aliphatic rings. The standard InChI is InChI=1S/C25H29NO2/c27-24(26-28)13-17-4-6-19(7-5-17)20-8-10-23(11-9-20)25-14-18-2-1-3-21(15-25)22(12-18)16-25/h4-11,18,21-22,28H,1-3,12-16H2,(H,26,27). The fourth-order valence-corrected chi connectivity index (χ4v) is 6.56. The summed E-state index contributed by atoms with van der Waals surface area (Å²) in [6, 6.07) is 17.3. The maximum absolute atomic E-state index is 11.3. The third kappa shape index (κ3) is 3.16. The van der Waals surface area contributed by atoms with Gasteiger partial charge in [0.25, 0.3) is 0 Å². The van der Waals surface area contributed by atoms with Gasteiger partial charge in [-0.25, -0.2) is 5.48 Å². The van der Waals surface area contributed by atoms with Crippen molar-refractivity contribution in [3.63, 3.8) is 0 Å². The van der Waals surface area contributed by atoms with Crippen molar-refractivity contribution in [1.29, 1.82) is 0 Å². The normalized spacial score (nSPS) is 30.8. The predicted octanol–water partition coefficient (Wildman–Crippen LogP) is 5.26. The lowest BCUT2D eigenvalue weighted by Gasteiger charge is -2.38. The van der Waals surface area contributed by atoms with Gasteiger partial charge in [0.15, 0.2) is 0 Å². The van der Waals surface area contributed by atoms with Crippen LogP contribution in [0, 0.1) is 17.8 Å². The van der Waals surface area contributed by atoms with Gasteiger partial charge in [-0.1, -0.05) is 67.8 Å². The Kier molecular flexibility index (Phi) is 4.51. The zero-order valence-electron chi connectivity index (χ0n) is 16.4. The summed E-state index contributed by atoms with van der Waals surface area (Å²) < 4.78 is 0. The Labute approximate surface area is 167 Å². The zero-order chi connectivity index (χ0) is 19.1. The molecule has 3 bridgehead atoms. The van der Waals surface area contributed by atoms with Crippen molar-refractivity contribution in [3.8, 4) is 11.1 Å². The summed E-state index contributed by atoms with van der Waals surface area (Å²) >= 11 is 0. The highest BCUT2D eigenvalue weighted by molar-refractivity contribution is 5.77. The number of rotatable bonds is 4. The molecule has 2 aromatic rings. The molecule has 3 fully saturated rings. The molecule has 0 aliphatic heterocycles. The van der Waals surface area contributed by atoms with E-state index in [4.69, 9.17) is 5.21 Å². The summed E-state index contributed by atoms with van der Waals surface area (Å²) in [4.78, 5) is 11.3. The third-order valence-corrected chi connectivity index (χ3v) is 7.75. The minimum absolute atomic E-state index is 0.196. The molecule has 0 radical (unpaired) electrons. The fraction of sp³-hybridized carbons (Fsp3) is 0.480. The highest BCUT2D eigenvalue weighted by atomic mass is 16.5. The molecule has 3 heteroatoms. The molecule has 2 aromatic carbocycles. The van der Waals surface area contributed by atoms with Gasteiger partial charge in [-0.2, -0.15) is 0 Å². The van der Waals surface area contributed by atoms with Crippen LogP contribution in [0.3, 0.4) is 0 Å². The highest BCUT2D eigenvalue weighted by Crippen LogP contribution is 2.60. The van der Waals surface area contributed by atoms with E-state index in [1.54, 1.807) is 11.0 Å². The molecule has 0 spiro atoms. The maximum atomic E-state index is 11.3. The Bertz CT molecular complexity index is 853. The summed E-state index contributed by atoms with van der Waals surface area (Å²) in [5, 5.41) is 8.66. The largest absolute Gasteiger partial charge is 0.289 e. The molecule has 0 saturated heterocycles. The number of fused-ring (bicyclic) bond motifs is 2. The van der Waals surface area contributed by atoms with Crippen LogP contribution < -0.4 is 5.48 Å². The van der Waals surface area contributed by atoms with E-state index >= 15 is 0 Å². The summed E-state index contributed by atoms with van der Waals surface area (Å²) in [5.74, 6) is 2.51. The Morgan fingerprint density at radius 2 is 1.61 bits per heavy atom. The van der Waals surface area contributed by atoms with Crippen LogP contribution in [0.1, 0.15) is 56.1 Å². The van der Waals surface area contributed by atoms with Crippen LogP contribution in [0.5, 0.6) is 0 Å². The predicted molar refractivity (Wildman–Crippen MR) is 110 cm³/mol. The van der Waals surface area contributed by atoms with E-state index in [0.29, 0.717) is 5.41 Å². The molecule has 1 amide bonds. The maximum Gasteiger partial charge on any atom is 0.247 e. The van der Waals surface area contributed by atoms with Gasteiger partial charge < -0.3 is 0 Å². The van der Waals surface area contributed by atoms with Gasteiger partial charge in [-0.3, -0.25) is 10.0 Å². The van der Waals surface area contributed by atoms with E-state index in [1.807, 2.05) is 12.1 Å². The summed E-state index contributed by atoms with van der Waals surface area (Å²) in [6.07, 6.45) is 10.3. The number of hydrogen-bond donors (Lipinski definition) is 2. The van der Waals surface area contributed by atoms with E-state index in [-0.39, 0.29) is 12.3 Å². The first-order chi connectivity index (χ1) is 13.6. The molecule has 3 saturated carbocycles. The quantitative estimate of drug-likeness (QED) is 0.566. The Morgan fingerprint density at radius 1 is 0.929 bits per heavy atom. The van der Waals surface area contributed by atoms with Crippen LogP contribution in [0.4, 0.5) is 0 Å². The number of hydroxylamine groups is 1. The molecular formula is C25H29NO2. The van der Waals surface area contributed by atoms with Crippen molar-refractivity contribution in [2.45, 2.75) is 56.8 Å². The first-order valence-corrected chi connectivity index (χ1v) is 10.8. The van der Waals surface area contributed by atoms with Gasteiger partial charge >= 0.3 is 0 Å². The summed E-state index contributed by atoms with van der Waals surface area (Å²) in [6.45, 7) is 0. The number of nitrogens with one attached hydrogen (secondary N) is 1. The molecule has 146 valence electrons. The van der Waals surface area contributed by atoms with Crippen molar-refractivity contribution in [1.82, 2.24) is 5.48 Å². The average Bonchev–Trinajstić information content (AvgIpc) is 2.90. The number of amides is 1. The first-order valence-electron chi connectivity index (χ1n) is 10.8. The second-order valence-corrected chi connectivity index (χ2v) is 9.43. The first kappa shape index (κ1) is 17.9. The topological polar surface area (TPSA) is 49.3 Å². The average molecular weight is 376 g/mol. The molecule has 3 nitrogen and oxygen atoms in total. The summed E-state index contributed by atoms with van der Waals surface area (Å²) in [7, 11) is 0. The lowest BCUT2D eigenvalue weighted by molar-refractivity contribution is -0.128. The molecular weight excluding hydrogens is 346 g/mol. The van der Waals surface area contributed by atoms with Gasteiger partial charge in [-0.05, 0) is 71.1 Å². The van der Waals surface area contributed by atoms with E-state index in [0.717, 1.165) is 23.3 Å². The second kappa shape index (κ2) is 7.04. The molecule has 4 atom stereocenters. The third-order valence-electron chi connectivity index (χ3n) is 7.75. The number of benzene rings is 2. The van der Waals surface area contributed by atoms with E-state index in [1.165, 1.54) is 56.1 Å². The molecule has 5 rings (SSSR count). The number of carbonyl (C=O) groups is 1. The monoisotopic (exact) mass is 375 g/mol. The van der Waals surface area contributed by atoms with Gasteiger partial charge in [-0.15, -0.1) is 0 Å². The summed E-state index contributed by atoms with van der Waals surface area (Å²) in [5.41, 5.74) is 6.98. The van der Waals surface area contributed by atoms with Crippen molar-refractivity contribution >= 4 is 5.91 Å². The van der Waals surface area contributed by atoms with Gasteiger partial charge in [0.2, 0.25) is 5.91 Å². The van der Waals surface area contributed by atoms with E-state index < -0.39 is 0 Å². The van der Waals surface area contributed by atoms with Crippen molar-refractivity contribution in [2.75, 3.05) is 0 Å². The fourth-order valence-electron chi connectivity index (χ4n) is 6.56. The lowest BCUT2D eigenvalue weighted by Crippen LogP contribution is -2.30. The van der Waals surface area contributed by atoms with Crippen LogP contribution in [0.25, 0.3) is 11.1 Å².